The van der Waals surface area contributed by atoms with Crippen LogP contribution in [0.1, 0.15) is 62.0 Å². The van der Waals surface area contributed by atoms with Crippen molar-refractivity contribution in [3.63, 3.8) is 0 Å². The van der Waals surface area contributed by atoms with E-state index in [1.165, 1.54) is 0 Å². The van der Waals surface area contributed by atoms with E-state index in [2.05, 4.69) is 20.4 Å². The lowest BCUT2D eigenvalue weighted by atomic mass is 9.88. The second-order valence-electron chi connectivity index (χ2n) is 6.99. The number of hydrogen-bond acceptors (Lipinski definition) is 2. The number of unbranched alkanes of at least 4 members (excludes halogenated alkanes) is 1. The number of hydrogen-bond donors (Lipinski definition) is 0. The lowest BCUT2D eigenvalue weighted by Gasteiger charge is -2.15. The molecule has 0 radical (unpaired) electrons. The monoisotopic (exact) mass is 362 g/mol. The fraction of sp³-hybridized carbons (Fsp3) is 0.320. The first-order valence-corrected chi connectivity index (χ1v) is 9.77. The fourth-order valence-electron chi connectivity index (χ4n) is 2.98. The number of benzene rings is 2. The van der Waals surface area contributed by atoms with E-state index in [1.807, 2.05) is 62.4 Å². The lowest BCUT2D eigenvalue weighted by molar-refractivity contribution is 0.0939. The van der Waals surface area contributed by atoms with Crippen LogP contribution in [-0.4, -0.2) is 5.78 Å². The molecular weight excluding hydrogens is 332 g/mol. The highest BCUT2D eigenvalue weighted by Gasteiger charge is 2.19. The minimum Gasteiger partial charge on any atom is -0.465 e. The van der Waals surface area contributed by atoms with E-state index in [9.17, 15) is 4.79 Å². The van der Waals surface area contributed by atoms with E-state index in [0.717, 1.165) is 47.1 Å². The van der Waals surface area contributed by atoms with Crippen molar-refractivity contribution in [2.24, 2.45) is 5.92 Å². The van der Waals surface area contributed by atoms with Gasteiger partial charge < -0.3 is 4.74 Å². The van der Waals surface area contributed by atoms with Gasteiger partial charge in [0.2, 0.25) is 0 Å². The summed E-state index contributed by atoms with van der Waals surface area (Å²) in [6.07, 6.45) is 6.62. The zero-order valence-electron chi connectivity index (χ0n) is 16.9. The molecule has 0 saturated heterocycles. The molecule has 0 aliphatic rings. The van der Waals surface area contributed by atoms with Crippen molar-refractivity contribution in [1.29, 1.82) is 0 Å². The maximum Gasteiger partial charge on any atom is 0.166 e. The number of Topliss-reactive ketones (excluding diaryl/α,β-unsaturated/α-hetero) is 1. The Morgan fingerprint density at radius 2 is 1.81 bits per heavy atom. The van der Waals surface area contributed by atoms with Crippen LogP contribution in [0, 0.1) is 5.92 Å². The molecule has 2 heteroatoms. The third-order valence-corrected chi connectivity index (χ3v) is 4.58. The summed E-state index contributed by atoms with van der Waals surface area (Å²) >= 11 is 0. The third kappa shape index (κ3) is 5.19. The predicted octanol–water partition coefficient (Wildman–Crippen LogP) is 7.06. The van der Waals surface area contributed by atoms with E-state index in [0.29, 0.717) is 5.76 Å². The van der Waals surface area contributed by atoms with E-state index in [1.54, 1.807) is 6.26 Å². The molecule has 0 N–H and O–H groups in total. The summed E-state index contributed by atoms with van der Waals surface area (Å²) in [6.45, 7) is 12.1. The van der Waals surface area contributed by atoms with Gasteiger partial charge in [-0.05, 0) is 35.6 Å². The summed E-state index contributed by atoms with van der Waals surface area (Å²) in [4.78, 5) is 12.8. The molecule has 142 valence electrons. The van der Waals surface area contributed by atoms with Gasteiger partial charge in [-0.1, -0.05) is 83.2 Å². The molecule has 2 aromatic carbocycles. The van der Waals surface area contributed by atoms with Gasteiger partial charge in [-0.15, -0.1) is 0 Å². The number of carbonyl (C=O) groups is 1. The first kappa shape index (κ1) is 20.7. The molecular formula is C25H30O2. The molecule has 0 aromatic heterocycles. The quantitative estimate of drug-likeness (QED) is 0.353. The number of allylic oxidation sites excluding steroid dienone is 1. The second kappa shape index (κ2) is 9.91. The zero-order chi connectivity index (χ0) is 19.8. The van der Waals surface area contributed by atoms with Gasteiger partial charge in [0, 0.05) is 17.0 Å². The van der Waals surface area contributed by atoms with Crippen molar-refractivity contribution in [2.45, 2.75) is 47.0 Å². The normalized spacial score (nSPS) is 11.1. The molecule has 2 nitrogen and oxygen atoms in total. The lowest BCUT2D eigenvalue weighted by Crippen LogP contribution is -2.12. The molecule has 2 aromatic rings. The average Bonchev–Trinajstić information content (AvgIpc) is 2.69. The van der Waals surface area contributed by atoms with Crippen LogP contribution in [0.4, 0.5) is 0 Å². The first-order valence-electron chi connectivity index (χ1n) is 9.77. The summed E-state index contributed by atoms with van der Waals surface area (Å²) in [5, 5.41) is 0. The second-order valence-corrected chi connectivity index (χ2v) is 6.99. The van der Waals surface area contributed by atoms with Crippen molar-refractivity contribution < 1.29 is 9.53 Å². The summed E-state index contributed by atoms with van der Waals surface area (Å²) in [5.74, 6) is 0.786. The Bertz CT molecular complexity index is 811. The largest absolute Gasteiger partial charge is 0.465 e. The van der Waals surface area contributed by atoms with Gasteiger partial charge in [0.1, 0.15) is 5.76 Å². The summed E-state index contributed by atoms with van der Waals surface area (Å²) in [7, 11) is 0. The minimum absolute atomic E-state index is 0.0289. The van der Waals surface area contributed by atoms with Crippen molar-refractivity contribution in [2.75, 3.05) is 0 Å². The van der Waals surface area contributed by atoms with E-state index < -0.39 is 0 Å². The molecule has 0 amide bonds. The molecule has 27 heavy (non-hydrogen) atoms. The summed E-state index contributed by atoms with van der Waals surface area (Å²) in [5.41, 5.74) is 4.91. The highest BCUT2D eigenvalue weighted by atomic mass is 16.5. The maximum atomic E-state index is 12.8. The molecule has 0 bridgehead atoms. The minimum atomic E-state index is -0.0289. The average molecular weight is 363 g/mol. The molecule has 0 heterocycles. The number of ketones is 1. The molecule has 0 aliphatic carbocycles. The molecule has 0 spiro atoms. The Hall–Kier alpha value is -2.61. The SMILES string of the molecule is C=C(O/C=C\CCC)c1ccc(-c2cccc(CC)c2C(=O)C(C)C)cc1. The van der Waals surface area contributed by atoms with Crippen molar-refractivity contribution in [3.05, 3.63) is 78.1 Å². The highest BCUT2D eigenvalue weighted by molar-refractivity contribution is 6.04. The van der Waals surface area contributed by atoms with Crippen molar-refractivity contribution >= 4 is 11.5 Å². The van der Waals surface area contributed by atoms with Gasteiger partial charge in [-0.3, -0.25) is 4.79 Å². The Labute approximate surface area is 163 Å². The highest BCUT2D eigenvalue weighted by Crippen LogP contribution is 2.30. The Balaban J connectivity index is 2.32. The molecule has 0 unspecified atom stereocenters. The standard InChI is InChI=1S/C25H30O2/c1-6-8-9-17-27-19(5)21-13-15-22(16-14-21)23-12-10-11-20(7-2)24(23)25(26)18(3)4/h9-18H,5-8H2,1-4H3/b17-9-. The molecule has 0 aliphatic heterocycles. The number of carbonyl (C=O) groups excluding carboxylic acids is 1. The Morgan fingerprint density at radius 3 is 2.41 bits per heavy atom. The third-order valence-electron chi connectivity index (χ3n) is 4.58. The smallest absolute Gasteiger partial charge is 0.166 e. The summed E-state index contributed by atoms with van der Waals surface area (Å²) < 4.78 is 5.58. The van der Waals surface area contributed by atoms with Gasteiger partial charge in [-0.2, -0.15) is 0 Å². The van der Waals surface area contributed by atoms with E-state index in [4.69, 9.17) is 4.74 Å². The van der Waals surface area contributed by atoms with E-state index in [-0.39, 0.29) is 11.7 Å². The Morgan fingerprint density at radius 1 is 1.11 bits per heavy atom. The van der Waals surface area contributed by atoms with Crippen LogP contribution in [0.5, 0.6) is 0 Å². The molecule has 0 saturated carbocycles. The van der Waals surface area contributed by atoms with E-state index >= 15 is 0 Å². The van der Waals surface area contributed by atoms with Crippen LogP contribution >= 0.6 is 0 Å². The van der Waals surface area contributed by atoms with Gasteiger partial charge in [0.05, 0.1) is 6.26 Å². The number of aryl methyl sites for hydroxylation is 1. The van der Waals surface area contributed by atoms with Crippen LogP contribution in [0.15, 0.2) is 61.4 Å². The first-order chi connectivity index (χ1) is 13.0. The van der Waals surface area contributed by atoms with Gasteiger partial charge in [-0.25, -0.2) is 0 Å². The van der Waals surface area contributed by atoms with Crippen LogP contribution in [0.25, 0.3) is 16.9 Å². The predicted molar refractivity (Wildman–Crippen MR) is 115 cm³/mol. The topological polar surface area (TPSA) is 26.3 Å². The maximum absolute atomic E-state index is 12.8. The molecule has 0 atom stereocenters. The fourth-order valence-corrected chi connectivity index (χ4v) is 2.98. The van der Waals surface area contributed by atoms with Gasteiger partial charge in [0.25, 0.3) is 0 Å². The molecule has 2 rings (SSSR count). The van der Waals surface area contributed by atoms with Crippen LogP contribution in [0.3, 0.4) is 0 Å². The van der Waals surface area contributed by atoms with Crippen molar-refractivity contribution in [1.82, 2.24) is 0 Å². The zero-order valence-corrected chi connectivity index (χ0v) is 16.9. The van der Waals surface area contributed by atoms with Crippen LogP contribution in [0.2, 0.25) is 0 Å². The molecule has 0 fully saturated rings. The van der Waals surface area contributed by atoms with Crippen LogP contribution < -0.4 is 0 Å². The number of rotatable bonds is 9. The van der Waals surface area contributed by atoms with Crippen molar-refractivity contribution in [3.8, 4) is 11.1 Å². The number of ether oxygens (including phenoxy) is 1. The van der Waals surface area contributed by atoms with Gasteiger partial charge in [0.15, 0.2) is 5.78 Å². The van der Waals surface area contributed by atoms with Gasteiger partial charge >= 0.3 is 0 Å². The van der Waals surface area contributed by atoms with Crippen LogP contribution in [-0.2, 0) is 11.2 Å². The summed E-state index contributed by atoms with van der Waals surface area (Å²) in [6, 6.07) is 14.2. The Kier molecular flexibility index (Phi) is 7.60.